The van der Waals surface area contributed by atoms with Crippen LogP contribution in [0.3, 0.4) is 0 Å². The fourth-order valence-electron chi connectivity index (χ4n) is 3.12. The van der Waals surface area contributed by atoms with Crippen LogP contribution in [0.5, 0.6) is 11.5 Å². The molecule has 2 aromatic carbocycles. The van der Waals surface area contributed by atoms with Gasteiger partial charge in [0.15, 0.2) is 11.5 Å². The molecule has 1 amide bonds. The number of para-hydroxylation sites is 4. The van der Waals surface area contributed by atoms with Gasteiger partial charge in [-0.25, -0.2) is 4.98 Å². The molecule has 1 unspecified atom stereocenters. The number of aromatic nitrogens is 2. The molecule has 29 heavy (non-hydrogen) atoms. The molecule has 0 aliphatic heterocycles. The van der Waals surface area contributed by atoms with Crippen LogP contribution in [0.2, 0.25) is 0 Å². The smallest absolute Gasteiger partial charge is 0.225 e. The quantitative estimate of drug-likeness (QED) is 0.646. The van der Waals surface area contributed by atoms with Crippen molar-refractivity contribution in [2.24, 2.45) is 5.41 Å². The zero-order chi connectivity index (χ0) is 21.0. The predicted molar refractivity (Wildman–Crippen MR) is 114 cm³/mol. The zero-order valence-corrected chi connectivity index (χ0v) is 17.7. The first kappa shape index (κ1) is 20.7. The highest BCUT2D eigenvalue weighted by atomic mass is 16.5. The third-order valence-corrected chi connectivity index (χ3v) is 4.74. The Hall–Kier alpha value is -3.02. The highest BCUT2D eigenvalue weighted by Gasteiger charge is 2.25. The normalized spacial score (nSPS) is 12.6. The topological polar surface area (TPSA) is 65.4 Å². The van der Waals surface area contributed by atoms with Crippen molar-refractivity contribution < 1.29 is 14.3 Å². The number of fused-ring (bicyclic) bond motifs is 1. The molecule has 0 aliphatic rings. The lowest BCUT2D eigenvalue weighted by molar-refractivity contribution is -0.129. The molecular weight excluding hydrogens is 366 g/mol. The molecule has 1 N–H and O–H groups in total. The summed E-state index contributed by atoms with van der Waals surface area (Å²) in [5, 5.41) is 3.08. The van der Waals surface area contributed by atoms with Crippen molar-refractivity contribution in [1.29, 1.82) is 0 Å². The van der Waals surface area contributed by atoms with E-state index < -0.39 is 5.41 Å². The second kappa shape index (κ2) is 8.55. The van der Waals surface area contributed by atoms with Crippen molar-refractivity contribution >= 4 is 16.9 Å². The standard InChI is InChI=1S/C23H29N3O3/c1-16(24-22(27)23(2,3)4)21-25-17-10-6-7-11-18(17)26(21)14-15-29-20-13-9-8-12-19(20)28-5/h6-13,16H,14-15H2,1-5H3,(H,24,27). The van der Waals surface area contributed by atoms with Crippen molar-refractivity contribution in [2.75, 3.05) is 13.7 Å². The van der Waals surface area contributed by atoms with Gasteiger partial charge in [0, 0.05) is 5.41 Å². The van der Waals surface area contributed by atoms with E-state index in [9.17, 15) is 4.79 Å². The molecule has 3 rings (SSSR count). The van der Waals surface area contributed by atoms with Crippen LogP contribution in [0.15, 0.2) is 48.5 Å². The van der Waals surface area contributed by atoms with E-state index in [0.717, 1.165) is 16.9 Å². The van der Waals surface area contributed by atoms with Crippen LogP contribution < -0.4 is 14.8 Å². The van der Waals surface area contributed by atoms with E-state index in [1.54, 1.807) is 7.11 Å². The van der Waals surface area contributed by atoms with Crippen LogP contribution in [0.1, 0.15) is 39.6 Å². The predicted octanol–water partition coefficient (Wildman–Crippen LogP) is 4.35. The van der Waals surface area contributed by atoms with E-state index in [1.807, 2.05) is 76.2 Å². The van der Waals surface area contributed by atoms with E-state index in [2.05, 4.69) is 9.88 Å². The fraction of sp³-hybridized carbons (Fsp3) is 0.391. The number of nitrogens with zero attached hydrogens (tertiary/aromatic N) is 2. The van der Waals surface area contributed by atoms with Crippen molar-refractivity contribution in [2.45, 2.75) is 40.3 Å². The molecule has 6 nitrogen and oxygen atoms in total. The van der Waals surface area contributed by atoms with Gasteiger partial charge < -0.3 is 19.4 Å². The Morgan fingerprint density at radius 2 is 1.76 bits per heavy atom. The highest BCUT2D eigenvalue weighted by molar-refractivity contribution is 5.82. The van der Waals surface area contributed by atoms with Gasteiger partial charge in [-0.05, 0) is 31.2 Å². The SMILES string of the molecule is COc1ccccc1OCCn1c(C(C)NC(=O)C(C)(C)C)nc2ccccc21. The molecule has 0 saturated carbocycles. The van der Waals surface area contributed by atoms with E-state index in [1.165, 1.54) is 0 Å². The van der Waals surface area contributed by atoms with Crippen molar-refractivity contribution in [3.05, 3.63) is 54.4 Å². The Balaban J connectivity index is 1.82. The summed E-state index contributed by atoms with van der Waals surface area (Å²) in [5.41, 5.74) is 1.46. The molecule has 1 aromatic heterocycles. The first-order chi connectivity index (χ1) is 13.8. The van der Waals surface area contributed by atoms with Crippen LogP contribution in [0, 0.1) is 5.41 Å². The number of methoxy groups -OCH3 is 1. The highest BCUT2D eigenvalue weighted by Crippen LogP contribution is 2.26. The number of imidazole rings is 1. The van der Waals surface area contributed by atoms with Gasteiger partial charge in [-0.15, -0.1) is 0 Å². The maximum Gasteiger partial charge on any atom is 0.225 e. The minimum atomic E-state index is -0.460. The van der Waals surface area contributed by atoms with Gasteiger partial charge in [-0.3, -0.25) is 4.79 Å². The molecular formula is C23H29N3O3. The lowest BCUT2D eigenvalue weighted by Crippen LogP contribution is -2.37. The first-order valence-corrected chi connectivity index (χ1v) is 9.83. The summed E-state index contributed by atoms with van der Waals surface area (Å²) in [6, 6.07) is 15.3. The number of rotatable bonds is 7. The van der Waals surface area contributed by atoms with Crippen LogP contribution in [-0.2, 0) is 11.3 Å². The largest absolute Gasteiger partial charge is 0.493 e. The van der Waals surface area contributed by atoms with Gasteiger partial charge in [0.25, 0.3) is 0 Å². The van der Waals surface area contributed by atoms with Crippen molar-refractivity contribution in [3.63, 3.8) is 0 Å². The van der Waals surface area contributed by atoms with E-state index in [0.29, 0.717) is 24.7 Å². The number of amides is 1. The monoisotopic (exact) mass is 395 g/mol. The second-order valence-corrected chi connectivity index (χ2v) is 8.05. The van der Waals surface area contributed by atoms with Crippen LogP contribution in [0.4, 0.5) is 0 Å². The van der Waals surface area contributed by atoms with Gasteiger partial charge in [0.1, 0.15) is 12.4 Å². The molecule has 1 heterocycles. The molecule has 0 saturated heterocycles. The number of hydrogen-bond donors (Lipinski definition) is 1. The van der Waals surface area contributed by atoms with E-state index >= 15 is 0 Å². The van der Waals surface area contributed by atoms with Crippen molar-refractivity contribution in [3.8, 4) is 11.5 Å². The van der Waals surface area contributed by atoms with Gasteiger partial charge in [-0.1, -0.05) is 45.0 Å². The Labute approximate surface area is 171 Å². The van der Waals surface area contributed by atoms with Crippen LogP contribution >= 0.6 is 0 Å². The molecule has 0 fully saturated rings. The zero-order valence-electron chi connectivity index (χ0n) is 17.7. The minimum Gasteiger partial charge on any atom is -0.493 e. The average Bonchev–Trinajstić information content (AvgIpc) is 3.06. The van der Waals surface area contributed by atoms with E-state index in [4.69, 9.17) is 14.5 Å². The lowest BCUT2D eigenvalue weighted by atomic mass is 9.95. The summed E-state index contributed by atoms with van der Waals surface area (Å²) < 4.78 is 13.4. The number of hydrogen-bond acceptors (Lipinski definition) is 4. The first-order valence-electron chi connectivity index (χ1n) is 9.83. The summed E-state index contributed by atoms with van der Waals surface area (Å²) in [6.45, 7) is 8.72. The Kier molecular flexibility index (Phi) is 6.11. The van der Waals surface area contributed by atoms with Crippen LogP contribution in [0.25, 0.3) is 11.0 Å². The molecule has 0 spiro atoms. The Morgan fingerprint density at radius 1 is 1.10 bits per heavy atom. The third-order valence-electron chi connectivity index (χ3n) is 4.74. The summed E-state index contributed by atoms with van der Waals surface area (Å²) in [6.07, 6.45) is 0. The number of ether oxygens (including phenoxy) is 2. The molecule has 0 bridgehead atoms. The van der Waals surface area contributed by atoms with Gasteiger partial charge >= 0.3 is 0 Å². The number of carbonyl (C=O) groups excluding carboxylic acids is 1. The molecule has 1 atom stereocenters. The van der Waals surface area contributed by atoms with Gasteiger partial charge in [0.2, 0.25) is 5.91 Å². The second-order valence-electron chi connectivity index (χ2n) is 8.05. The Bertz CT molecular complexity index is 988. The number of carbonyl (C=O) groups is 1. The van der Waals surface area contributed by atoms with Crippen molar-refractivity contribution in [1.82, 2.24) is 14.9 Å². The van der Waals surface area contributed by atoms with E-state index in [-0.39, 0.29) is 11.9 Å². The summed E-state index contributed by atoms with van der Waals surface area (Å²) >= 11 is 0. The van der Waals surface area contributed by atoms with Gasteiger partial charge in [-0.2, -0.15) is 0 Å². The molecule has 3 aromatic rings. The third kappa shape index (κ3) is 4.70. The molecule has 6 heteroatoms. The van der Waals surface area contributed by atoms with Gasteiger partial charge in [0.05, 0.1) is 30.7 Å². The lowest BCUT2D eigenvalue weighted by Gasteiger charge is -2.22. The van der Waals surface area contributed by atoms with Crippen LogP contribution in [-0.4, -0.2) is 29.2 Å². The number of benzene rings is 2. The molecule has 154 valence electrons. The Morgan fingerprint density at radius 3 is 2.45 bits per heavy atom. The fourth-order valence-corrected chi connectivity index (χ4v) is 3.12. The summed E-state index contributed by atoms with van der Waals surface area (Å²) in [5.74, 6) is 2.21. The average molecular weight is 396 g/mol. The summed E-state index contributed by atoms with van der Waals surface area (Å²) in [4.78, 5) is 17.2. The molecule has 0 radical (unpaired) electrons. The maximum absolute atomic E-state index is 12.5. The maximum atomic E-state index is 12.5. The minimum absolute atomic E-state index is 0.00567. The molecule has 0 aliphatic carbocycles. The summed E-state index contributed by atoms with van der Waals surface area (Å²) in [7, 11) is 1.63. The number of nitrogens with one attached hydrogen (secondary N) is 1.